The number of fused-ring (bicyclic) bond motifs is 1. The van der Waals surface area contributed by atoms with Gasteiger partial charge in [-0.1, -0.05) is 12.1 Å². The number of piperidine rings is 1. The van der Waals surface area contributed by atoms with Gasteiger partial charge >= 0.3 is 0 Å². The molecule has 4 rings (SSSR count). The molecule has 25 heavy (non-hydrogen) atoms. The molecule has 1 fully saturated rings. The van der Waals surface area contributed by atoms with Crippen LogP contribution in [-0.2, 0) is 13.1 Å². The molecule has 2 aliphatic rings. The summed E-state index contributed by atoms with van der Waals surface area (Å²) in [6.07, 6.45) is 3.78. The molecule has 7 nitrogen and oxygen atoms in total. The van der Waals surface area contributed by atoms with Crippen molar-refractivity contribution in [3.63, 3.8) is 0 Å². The Morgan fingerprint density at radius 1 is 1.28 bits per heavy atom. The van der Waals surface area contributed by atoms with Crippen molar-refractivity contribution in [3.8, 4) is 11.8 Å². The molecule has 1 saturated heterocycles. The first kappa shape index (κ1) is 15.7. The summed E-state index contributed by atoms with van der Waals surface area (Å²) >= 11 is 0. The van der Waals surface area contributed by atoms with Crippen LogP contribution in [0.15, 0.2) is 29.2 Å². The van der Waals surface area contributed by atoms with E-state index in [1.807, 2.05) is 23.1 Å². The lowest BCUT2D eigenvalue weighted by atomic mass is 10.1. The van der Waals surface area contributed by atoms with Crippen LogP contribution in [0.2, 0.25) is 0 Å². The van der Waals surface area contributed by atoms with E-state index in [9.17, 15) is 10.1 Å². The predicted octanol–water partition coefficient (Wildman–Crippen LogP) is 1.29. The van der Waals surface area contributed by atoms with E-state index in [-0.39, 0.29) is 11.7 Å². The molecule has 0 radical (unpaired) electrons. The Morgan fingerprint density at radius 2 is 2.12 bits per heavy atom. The van der Waals surface area contributed by atoms with E-state index >= 15 is 0 Å². The highest BCUT2D eigenvalue weighted by molar-refractivity contribution is 5.60. The van der Waals surface area contributed by atoms with Crippen molar-refractivity contribution >= 4 is 5.69 Å². The molecule has 1 aromatic heterocycles. The third-order valence-corrected chi connectivity index (χ3v) is 4.81. The van der Waals surface area contributed by atoms with Gasteiger partial charge in [-0.05, 0) is 37.6 Å². The largest absolute Gasteiger partial charge is 0.490 e. The first-order chi connectivity index (χ1) is 12.3. The fraction of sp³-hybridized carbons (Fsp3) is 0.389. The number of aromatic amines is 1. The molecular formula is C18H19N5O2. The number of rotatable bonds is 3. The second kappa shape index (κ2) is 6.57. The Bertz CT molecular complexity index is 880. The number of nitrogens with zero attached hydrogens (tertiary/aromatic N) is 3. The third-order valence-electron chi connectivity index (χ3n) is 4.81. The van der Waals surface area contributed by atoms with Crippen LogP contribution in [-0.4, -0.2) is 29.4 Å². The van der Waals surface area contributed by atoms with Gasteiger partial charge < -0.3 is 15.0 Å². The Labute approximate surface area is 145 Å². The maximum Gasteiger partial charge on any atom is 0.284 e. The first-order valence-corrected chi connectivity index (χ1v) is 8.47. The molecule has 2 N–H and O–H groups in total. The lowest BCUT2D eigenvalue weighted by molar-refractivity contribution is 0.161. The van der Waals surface area contributed by atoms with Gasteiger partial charge in [0.05, 0.1) is 11.9 Å². The number of ether oxygens (including phenoxy) is 1. The van der Waals surface area contributed by atoms with Gasteiger partial charge in [0, 0.05) is 18.7 Å². The molecule has 2 aromatic rings. The van der Waals surface area contributed by atoms with Gasteiger partial charge in [-0.15, -0.1) is 0 Å². The Balaban J connectivity index is 1.61. The van der Waals surface area contributed by atoms with Crippen LogP contribution in [0.1, 0.15) is 29.5 Å². The number of aromatic nitrogens is 2. The first-order valence-electron chi connectivity index (χ1n) is 8.47. The van der Waals surface area contributed by atoms with Crippen LogP contribution in [0.4, 0.5) is 5.69 Å². The number of nitriles is 1. The molecule has 1 aromatic carbocycles. The zero-order valence-corrected chi connectivity index (χ0v) is 13.8. The molecule has 0 aliphatic carbocycles. The Kier molecular flexibility index (Phi) is 4.12. The van der Waals surface area contributed by atoms with E-state index in [2.05, 4.69) is 21.6 Å². The fourth-order valence-corrected chi connectivity index (χ4v) is 3.50. The summed E-state index contributed by atoms with van der Waals surface area (Å²) in [7, 11) is 0. The summed E-state index contributed by atoms with van der Waals surface area (Å²) in [6, 6.07) is 8.06. The van der Waals surface area contributed by atoms with Crippen molar-refractivity contribution in [3.05, 3.63) is 51.4 Å². The number of anilines is 1. The van der Waals surface area contributed by atoms with Gasteiger partial charge in [0.25, 0.3) is 5.56 Å². The molecular weight excluding hydrogens is 318 g/mol. The molecule has 3 heterocycles. The zero-order valence-electron chi connectivity index (χ0n) is 13.8. The Hall–Kier alpha value is -2.85. The number of hydrogen-bond donors (Lipinski definition) is 2. The zero-order chi connectivity index (χ0) is 17.2. The summed E-state index contributed by atoms with van der Waals surface area (Å²) in [5.74, 6) is 0.906. The number of benzene rings is 1. The number of H-pyrrole nitrogens is 1. The minimum atomic E-state index is -0.456. The summed E-state index contributed by atoms with van der Waals surface area (Å²) < 4.78 is 6.25. The lowest BCUT2D eigenvalue weighted by Gasteiger charge is -2.25. The highest BCUT2D eigenvalue weighted by Gasteiger charge is 2.26. The van der Waals surface area contributed by atoms with E-state index in [0.717, 1.165) is 42.8 Å². The Morgan fingerprint density at radius 3 is 2.92 bits per heavy atom. The van der Waals surface area contributed by atoms with Gasteiger partial charge in [-0.2, -0.15) is 10.4 Å². The van der Waals surface area contributed by atoms with Gasteiger partial charge in [0.2, 0.25) is 0 Å². The van der Waals surface area contributed by atoms with Gasteiger partial charge in [-0.25, -0.2) is 5.10 Å². The van der Waals surface area contributed by atoms with E-state index in [1.165, 1.54) is 0 Å². The minimum Gasteiger partial charge on any atom is -0.490 e. The topological polar surface area (TPSA) is 94.0 Å². The van der Waals surface area contributed by atoms with E-state index in [0.29, 0.717) is 18.8 Å². The summed E-state index contributed by atoms with van der Waals surface area (Å²) in [4.78, 5) is 13.8. The van der Waals surface area contributed by atoms with Crippen LogP contribution in [0.3, 0.4) is 0 Å². The van der Waals surface area contributed by atoms with Crippen molar-refractivity contribution in [1.29, 1.82) is 5.26 Å². The summed E-state index contributed by atoms with van der Waals surface area (Å²) in [5.41, 5.74) is 2.50. The molecule has 0 saturated carbocycles. The van der Waals surface area contributed by atoms with Crippen LogP contribution in [0.5, 0.6) is 5.75 Å². The highest BCUT2D eigenvalue weighted by Crippen LogP contribution is 2.35. The quantitative estimate of drug-likeness (QED) is 0.876. The normalized spacial score (nSPS) is 17.2. The average Bonchev–Trinajstić information content (AvgIpc) is 3.07. The smallest absolute Gasteiger partial charge is 0.284 e. The van der Waals surface area contributed by atoms with E-state index in [1.54, 1.807) is 6.20 Å². The minimum absolute atomic E-state index is 0.101. The molecule has 0 bridgehead atoms. The monoisotopic (exact) mass is 337 g/mol. The standard InChI is InChI=1S/C18H19N5O2/c19-8-14-16(9-21-22-18(14)24)23-10-12-2-1-3-17(15(12)11-23)25-13-4-6-20-7-5-13/h1-3,9,13,20H,4-7,10-11H2,(H,22,24). The third kappa shape index (κ3) is 2.96. The van der Waals surface area contributed by atoms with Crippen molar-refractivity contribution in [2.75, 3.05) is 18.0 Å². The van der Waals surface area contributed by atoms with Gasteiger partial charge in [-0.3, -0.25) is 4.79 Å². The second-order valence-electron chi connectivity index (χ2n) is 6.39. The SMILES string of the molecule is N#Cc1c(N2Cc3cccc(OC4CCNCC4)c3C2)cn[nH]c1=O. The van der Waals surface area contributed by atoms with Crippen LogP contribution >= 0.6 is 0 Å². The molecule has 0 unspecified atom stereocenters. The summed E-state index contributed by atoms with van der Waals surface area (Å²) in [6.45, 7) is 3.21. The van der Waals surface area contributed by atoms with Crippen molar-refractivity contribution in [1.82, 2.24) is 15.5 Å². The second-order valence-corrected chi connectivity index (χ2v) is 6.39. The number of nitrogens with one attached hydrogen (secondary N) is 2. The van der Waals surface area contributed by atoms with Gasteiger partial charge in [0.1, 0.15) is 23.5 Å². The maximum atomic E-state index is 11.8. The maximum absolute atomic E-state index is 11.8. The number of hydrogen-bond acceptors (Lipinski definition) is 6. The highest BCUT2D eigenvalue weighted by atomic mass is 16.5. The van der Waals surface area contributed by atoms with E-state index < -0.39 is 5.56 Å². The summed E-state index contributed by atoms with van der Waals surface area (Å²) in [5, 5.41) is 18.8. The molecule has 2 aliphatic heterocycles. The lowest BCUT2D eigenvalue weighted by Crippen LogP contribution is -2.34. The van der Waals surface area contributed by atoms with E-state index in [4.69, 9.17) is 4.74 Å². The predicted molar refractivity (Wildman–Crippen MR) is 92.4 cm³/mol. The van der Waals surface area contributed by atoms with Crippen molar-refractivity contribution < 1.29 is 4.74 Å². The molecule has 0 amide bonds. The van der Waals surface area contributed by atoms with Crippen LogP contribution < -0.4 is 20.5 Å². The molecule has 7 heteroatoms. The fourth-order valence-electron chi connectivity index (χ4n) is 3.50. The molecule has 128 valence electrons. The van der Waals surface area contributed by atoms with Crippen molar-refractivity contribution in [2.45, 2.75) is 32.0 Å². The van der Waals surface area contributed by atoms with Crippen molar-refractivity contribution in [2.24, 2.45) is 0 Å². The average molecular weight is 337 g/mol. The van der Waals surface area contributed by atoms with Crippen LogP contribution in [0.25, 0.3) is 0 Å². The van der Waals surface area contributed by atoms with Crippen LogP contribution in [0, 0.1) is 11.3 Å². The molecule has 0 atom stereocenters. The molecule has 0 spiro atoms. The van der Waals surface area contributed by atoms with Gasteiger partial charge in [0.15, 0.2) is 0 Å².